The molecule has 0 radical (unpaired) electrons. The second-order valence-electron chi connectivity index (χ2n) is 6.19. The Hall–Kier alpha value is -2.92. The molecule has 0 saturated carbocycles. The smallest absolute Gasteiger partial charge is 0.244 e. The van der Waals surface area contributed by atoms with Gasteiger partial charge in [-0.15, -0.1) is 0 Å². The van der Waals surface area contributed by atoms with Crippen molar-refractivity contribution in [3.8, 4) is 11.5 Å². The summed E-state index contributed by atoms with van der Waals surface area (Å²) in [6, 6.07) is 13.2. The molecule has 1 aliphatic rings. The number of amides is 1. The van der Waals surface area contributed by atoms with Crippen LogP contribution in [0.25, 0.3) is 17.0 Å². The van der Waals surface area contributed by atoms with E-state index in [0.29, 0.717) is 42.0 Å². The SMILES string of the molecule is O=C(/C=C/c1cc2ccccc2o1)NCc1cc(Cl)c2c(c1)OCCCO2. The second kappa shape index (κ2) is 7.76. The normalized spacial score (nSPS) is 13.7. The average Bonchev–Trinajstić information content (AvgIpc) is 2.93. The van der Waals surface area contributed by atoms with Crippen LogP contribution < -0.4 is 14.8 Å². The highest BCUT2D eigenvalue weighted by Crippen LogP contribution is 2.37. The zero-order chi connectivity index (χ0) is 18.6. The molecule has 5 nitrogen and oxygen atoms in total. The molecule has 1 amide bonds. The quantitative estimate of drug-likeness (QED) is 0.670. The highest BCUT2D eigenvalue weighted by atomic mass is 35.5. The van der Waals surface area contributed by atoms with Crippen LogP contribution in [0.1, 0.15) is 17.7 Å². The lowest BCUT2D eigenvalue weighted by Gasteiger charge is -2.11. The summed E-state index contributed by atoms with van der Waals surface area (Å²) in [7, 11) is 0. The van der Waals surface area contributed by atoms with Crippen LogP contribution in [0, 0.1) is 0 Å². The van der Waals surface area contributed by atoms with E-state index in [1.165, 1.54) is 6.08 Å². The predicted octanol–water partition coefficient (Wildman–Crippen LogP) is 4.58. The Balaban J connectivity index is 1.40. The third-order valence-corrected chi connectivity index (χ3v) is 4.45. The van der Waals surface area contributed by atoms with Gasteiger partial charge in [0.15, 0.2) is 11.5 Å². The van der Waals surface area contributed by atoms with E-state index in [1.54, 1.807) is 12.1 Å². The Morgan fingerprint density at radius 3 is 2.89 bits per heavy atom. The second-order valence-corrected chi connectivity index (χ2v) is 6.60. The molecule has 27 heavy (non-hydrogen) atoms. The molecular weight excluding hydrogens is 366 g/mol. The summed E-state index contributed by atoms with van der Waals surface area (Å²) in [5.41, 5.74) is 1.63. The zero-order valence-corrected chi connectivity index (χ0v) is 15.3. The monoisotopic (exact) mass is 383 g/mol. The number of para-hydroxylation sites is 1. The summed E-state index contributed by atoms with van der Waals surface area (Å²) in [5, 5.41) is 4.31. The Kier molecular flexibility index (Phi) is 5.03. The van der Waals surface area contributed by atoms with E-state index in [1.807, 2.05) is 36.4 Å². The molecule has 138 valence electrons. The van der Waals surface area contributed by atoms with E-state index in [4.69, 9.17) is 25.5 Å². The molecule has 1 aliphatic heterocycles. The first-order valence-corrected chi connectivity index (χ1v) is 9.09. The van der Waals surface area contributed by atoms with Crippen molar-refractivity contribution in [2.75, 3.05) is 13.2 Å². The maximum atomic E-state index is 12.1. The van der Waals surface area contributed by atoms with E-state index in [9.17, 15) is 4.79 Å². The first-order valence-electron chi connectivity index (χ1n) is 8.71. The van der Waals surface area contributed by atoms with Crippen molar-refractivity contribution in [2.24, 2.45) is 0 Å². The van der Waals surface area contributed by atoms with Crippen LogP contribution in [0.3, 0.4) is 0 Å². The number of carbonyl (C=O) groups is 1. The standard InChI is InChI=1S/C21H18ClNO4/c22-17-10-14(11-19-21(17)26-9-3-8-25-19)13-23-20(24)7-6-16-12-15-4-1-2-5-18(15)27-16/h1-2,4-7,10-12H,3,8-9,13H2,(H,23,24)/b7-6+. The van der Waals surface area contributed by atoms with E-state index in [-0.39, 0.29) is 5.91 Å². The van der Waals surface area contributed by atoms with E-state index in [2.05, 4.69) is 5.32 Å². The highest BCUT2D eigenvalue weighted by molar-refractivity contribution is 6.32. The number of ether oxygens (including phenoxy) is 2. The lowest BCUT2D eigenvalue weighted by atomic mass is 10.2. The Morgan fingerprint density at radius 2 is 2.00 bits per heavy atom. The molecule has 0 spiro atoms. The molecule has 2 aromatic carbocycles. The molecular formula is C21H18ClNO4. The topological polar surface area (TPSA) is 60.7 Å². The van der Waals surface area contributed by atoms with Gasteiger partial charge in [0.05, 0.1) is 18.2 Å². The van der Waals surface area contributed by atoms with Gasteiger partial charge in [0.2, 0.25) is 5.91 Å². The van der Waals surface area contributed by atoms with Crippen molar-refractivity contribution in [3.63, 3.8) is 0 Å². The summed E-state index contributed by atoms with van der Waals surface area (Å²) in [6.45, 7) is 1.49. The van der Waals surface area contributed by atoms with Gasteiger partial charge in [-0.25, -0.2) is 0 Å². The van der Waals surface area contributed by atoms with Crippen molar-refractivity contribution in [2.45, 2.75) is 13.0 Å². The van der Waals surface area contributed by atoms with Gasteiger partial charge in [0.1, 0.15) is 11.3 Å². The number of fused-ring (bicyclic) bond motifs is 2. The summed E-state index contributed by atoms with van der Waals surface area (Å²) < 4.78 is 16.9. The third kappa shape index (κ3) is 4.09. The van der Waals surface area contributed by atoms with Gasteiger partial charge >= 0.3 is 0 Å². The van der Waals surface area contributed by atoms with Gasteiger partial charge < -0.3 is 19.2 Å². The molecule has 4 rings (SSSR count). The van der Waals surface area contributed by atoms with Gasteiger partial charge in [-0.2, -0.15) is 0 Å². The van der Waals surface area contributed by atoms with Crippen molar-refractivity contribution >= 4 is 34.6 Å². The third-order valence-electron chi connectivity index (χ3n) is 4.17. The maximum Gasteiger partial charge on any atom is 0.244 e. The molecule has 0 unspecified atom stereocenters. The first-order chi connectivity index (χ1) is 13.2. The number of hydrogen-bond acceptors (Lipinski definition) is 4. The van der Waals surface area contributed by atoms with Crippen LogP contribution in [0.5, 0.6) is 11.5 Å². The maximum absolute atomic E-state index is 12.1. The fourth-order valence-electron chi connectivity index (χ4n) is 2.88. The minimum absolute atomic E-state index is 0.223. The predicted molar refractivity (Wildman–Crippen MR) is 104 cm³/mol. The Labute approximate surface area is 161 Å². The number of halogens is 1. The number of nitrogens with one attached hydrogen (secondary N) is 1. The van der Waals surface area contributed by atoms with Gasteiger partial charge in [-0.05, 0) is 35.9 Å². The van der Waals surface area contributed by atoms with Crippen molar-refractivity contribution in [3.05, 3.63) is 64.9 Å². The minimum atomic E-state index is -0.223. The molecule has 6 heteroatoms. The summed E-state index contributed by atoms with van der Waals surface area (Å²) in [4.78, 5) is 12.1. The van der Waals surface area contributed by atoms with Gasteiger partial charge in [-0.3, -0.25) is 4.79 Å². The summed E-state index contributed by atoms with van der Waals surface area (Å²) >= 11 is 6.27. The molecule has 0 atom stereocenters. The van der Waals surface area contributed by atoms with Crippen LogP contribution in [0.2, 0.25) is 5.02 Å². The van der Waals surface area contributed by atoms with Gasteiger partial charge in [-0.1, -0.05) is 29.8 Å². The fraction of sp³-hybridized carbons (Fsp3) is 0.190. The minimum Gasteiger partial charge on any atom is -0.489 e. The van der Waals surface area contributed by atoms with Crippen LogP contribution in [-0.2, 0) is 11.3 Å². The molecule has 1 aromatic heterocycles. The lowest BCUT2D eigenvalue weighted by molar-refractivity contribution is -0.116. The number of hydrogen-bond donors (Lipinski definition) is 1. The number of carbonyl (C=O) groups excluding carboxylic acids is 1. The molecule has 0 bridgehead atoms. The van der Waals surface area contributed by atoms with Crippen molar-refractivity contribution < 1.29 is 18.7 Å². The van der Waals surface area contributed by atoms with Crippen LogP contribution in [0.15, 0.2) is 53.0 Å². The van der Waals surface area contributed by atoms with Crippen molar-refractivity contribution in [1.82, 2.24) is 5.32 Å². The summed E-state index contributed by atoms with van der Waals surface area (Å²) in [6.07, 6.45) is 3.91. The highest BCUT2D eigenvalue weighted by Gasteiger charge is 2.15. The Bertz CT molecular complexity index is 976. The summed E-state index contributed by atoms with van der Waals surface area (Å²) in [5.74, 6) is 1.58. The van der Waals surface area contributed by atoms with Crippen LogP contribution >= 0.6 is 11.6 Å². The molecule has 0 aliphatic carbocycles. The molecule has 0 fully saturated rings. The lowest BCUT2D eigenvalue weighted by Crippen LogP contribution is -2.20. The molecule has 1 N–H and O–H groups in total. The fourth-order valence-corrected chi connectivity index (χ4v) is 3.16. The van der Waals surface area contributed by atoms with E-state index < -0.39 is 0 Å². The zero-order valence-electron chi connectivity index (χ0n) is 14.5. The Morgan fingerprint density at radius 1 is 1.15 bits per heavy atom. The van der Waals surface area contributed by atoms with Gasteiger partial charge in [0, 0.05) is 24.4 Å². The number of furan rings is 1. The number of benzene rings is 2. The first kappa shape index (κ1) is 17.5. The van der Waals surface area contributed by atoms with E-state index >= 15 is 0 Å². The van der Waals surface area contributed by atoms with Crippen LogP contribution in [0.4, 0.5) is 0 Å². The van der Waals surface area contributed by atoms with Crippen LogP contribution in [-0.4, -0.2) is 19.1 Å². The number of rotatable bonds is 4. The molecule has 2 heterocycles. The van der Waals surface area contributed by atoms with E-state index in [0.717, 1.165) is 23.0 Å². The molecule has 3 aromatic rings. The van der Waals surface area contributed by atoms with Crippen molar-refractivity contribution in [1.29, 1.82) is 0 Å². The molecule has 0 saturated heterocycles. The van der Waals surface area contributed by atoms with Gasteiger partial charge in [0.25, 0.3) is 0 Å². The average molecular weight is 384 g/mol. The largest absolute Gasteiger partial charge is 0.489 e.